The third-order valence-corrected chi connectivity index (χ3v) is 4.60. The maximum atomic E-state index is 14.8. The van der Waals surface area contributed by atoms with E-state index < -0.39 is 40.2 Å². The molecular formula is C19H10ClF4N3O4. The van der Waals surface area contributed by atoms with E-state index in [4.69, 9.17) is 20.8 Å². The van der Waals surface area contributed by atoms with Crippen molar-refractivity contribution in [2.24, 2.45) is 7.05 Å². The highest BCUT2D eigenvalue weighted by Gasteiger charge is 2.35. The molecule has 0 aliphatic rings. The molecule has 12 heteroatoms. The quantitative estimate of drug-likeness (QED) is 0.431. The SMILES string of the molecule is Cn1c(C(F)(F)F)cc(=O)n(-c2c(F)cc(Cl)c3nc(Oc4ccccc4)oc23)c1=O. The van der Waals surface area contributed by atoms with Crippen molar-refractivity contribution in [3.63, 3.8) is 0 Å². The minimum Gasteiger partial charge on any atom is -0.411 e. The first-order valence-electron chi connectivity index (χ1n) is 8.50. The summed E-state index contributed by atoms with van der Waals surface area (Å²) in [4.78, 5) is 28.9. The number of halogens is 5. The van der Waals surface area contributed by atoms with Crippen LogP contribution in [0.4, 0.5) is 17.6 Å². The van der Waals surface area contributed by atoms with Crippen LogP contribution in [-0.2, 0) is 13.2 Å². The average Bonchev–Trinajstić information content (AvgIpc) is 3.11. The van der Waals surface area contributed by atoms with Gasteiger partial charge >= 0.3 is 17.9 Å². The Balaban J connectivity index is 1.98. The van der Waals surface area contributed by atoms with E-state index in [9.17, 15) is 27.2 Å². The first-order chi connectivity index (χ1) is 14.6. The Morgan fingerprint density at radius 1 is 1.13 bits per heavy atom. The van der Waals surface area contributed by atoms with Crippen LogP contribution in [0, 0.1) is 5.82 Å². The number of aromatic nitrogens is 3. The highest BCUT2D eigenvalue weighted by atomic mass is 35.5. The van der Waals surface area contributed by atoms with Gasteiger partial charge in [-0.2, -0.15) is 18.2 Å². The first-order valence-corrected chi connectivity index (χ1v) is 8.88. The molecular weight excluding hydrogens is 446 g/mol. The molecule has 2 aromatic carbocycles. The lowest BCUT2D eigenvalue weighted by atomic mass is 10.2. The van der Waals surface area contributed by atoms with Crippen LogP contribution < -0.4 is 16.0 Å². The number of alkyl halides is 3. The summed E-state index contributed by atoms with van der Waals surface area (Å²) in [7, 11) is 0.802. The maximum Gasteiger partial charge on any atom is 0.431 e. The summed E-state index contributed by atoms with van der Waals surface area (Å²) in [5.41, 5.74) is -5.69. The van der Waals surface area contributed by atoms with E-state index in [2.05, 4.69) is 4.98 Å². The van der Waals surface area contributed by atoms with Gasteiger partial charge < -0.3 is 9.15 Å². The molecule has 0 radical (unpaired) electrons. The van der Waals surface area contributed by atoms with Crippen molar-refractivity contribution in [3.05, 3.63) is 79.8 Å². The predicted molar refractivity (Wildman–Crippen MR) is 101 cm³/mol. The van der Waals surface area contributed by atoms with E-state index in [-0.39, 0.29) is 31.8 Å². The number of oxazole rings is 1. The lowest BCUT2D eigenvalue weighted by Gasteiger charge is -2.14. The minimum absolute atomic E-state index is 0.155. The van der Waals surface area contributed by atoms with Gasteiger partial charge in [-0.05, 0) is 18.2 Å². The number of ether oxygens (including phenoxy) is 1. The minimum atomic E-state index is -4.97. The second kappa shape index (κ2) is 7.27. The molecule has 0 saturated heterocycles. The van der Waals surface area contributed by atoms with E-state index in [0.29, 0.717) is 5.75 Å². The smallest absolute Gasteiger partial charge is 0.411 e. The van der Waals surface area contributed by atoms with E-state index in [1.807, 2.05) is 0 Å². The number of nitrogens with zero attached hydrogens (tertiary/aromatic N) is 3. The van der Waals surface area contributed by atoms with Crippen molar-refractivity contribution in [1.82, 2.24) is 14.1 Å². The number of rotatable bonds is 3. The summed E-state index contributed by atoms with van der Waals surface area (Å²) >= 11 is 6.00. The molecule has 0 bridgehead atoms. The second-order valence-electron chi connectivity index (χ2n) is 6.30. The van der Waals surface area contributed by atoms with Gasteiger partial charge in [0.2, 0.25) is 0 Å². The molecule has 7 nitrogen and oxygen atoms in total. The largest absolute Gasteiger partial charge is 0.431 e. The van der Waals surface area contributed by atoms with Gasteiger partial charge in [0.25, 0.3) is 5.56 Å². The van der Waals surface area contributed by atoms with E-state index in [0.717, 1.165) is 13.1 Å². The fraction of sp³-hybridized carbons (Fsp3) is 0.105. The Morgan fingerprint density at radius 2 is 1.81 bits per heavy atom. The van der Waals surface area contributed by atoms with Crippen molar-refractivity contribution >= 4 is 22.7 Å². The third-order valence-electron chi connectivity index (χ3n) is 4.31. The molecule has 0 aliphatic heterocycles. The van der Waals surface area contributed by atoms with Crippen molar-refractivity contribution in [2.75, 3.05) is 0 Å². The lowest BCUT2D eigenvalue weighted by Crippen LogP contribution is -2.41. The molecule has 0 N–H and O–H groups in total. The molecule has 0 atom stereocenters. The number of hydrogen-bond donors (Lipinski definition) is 0. The van der Waals surface area contributed by atoms with Gasteiger partial charge in [-0.15, -0.1) is 0 Å². The molecule has 0 aliphatic carbocycles. The van der Waals surface area contributed by atoms with Gasteiger partial charge in [-0.3, -0.25) is 9.36 Å². The second-order valence-corrected chi connectivity index (χ2v) is 6.71. The summed E-state index contributed by atoms with van der Waals surface area (Å²) in [6.45, 7) is 0. The molecule has 0 spiro atoms. The molecule has 0 fully saturated rings. The molecule has 0 unspecified atom stereocenters. The number of hydrogen-bond acceptors (Lipinski definition) is 5. The van der Waals surface area contributed by atoms with Crippen LogP contribution >= 0.6 is 11.6 Å². The molecule has 2 heterocycles. The zero-order chi connectivity index (χ0) is 22.5. The van der Waals surface area contributed by atoms with Crippen LogP contribution in [0.25, 0.3) is 16.8 Å². The van der Waals surface area contributed by atoms with Gasteiger partial charge in [-0.1, -0.05) is 29.8 Å². The van der Waals surface area contributed by atoms with Gasteiger partial charge in [0.05, 0.1) is 5.02 Å². The molecule has 4 rings (SSSR count). The van der Waals surface area contributed by atoms with E-state index in [1.165, 1.54) is 0 Å². The highest BCUT2D eigenvalue weighted by molar-refractivity contribution is 6.35. The summed E-state index contributed by atoms with van der Waals surface area (Å²) in [5, 5.41) is -0.223. The Bertz CT molecular complexity index is 1420. The topological polar surface area (TPSA) is 79.3 Å². The van der Waals surface area contributed by atoms with Crippen molar-refractivity contribution < 1.29 is 26.7 Å². The van der Waals surface area contributed by atoms with Crippen molar-refractivity contribution in [3.8, 4) is 17.5 Å². The number of fused-ring (bicyclic) bond motifs is 1. The van der Waals surface area contributed by atoms with Crippen LogP contribution in [0.15, 0.2) is 56.5 Å². The normalized spacial score (nSPS) is 11.8. The zero-order valence-corrected chi connectivity index (χ0v) is 16.2. The summed E-state index contributed by atoms with van der Waals surface area (Å²) in [5.74, 6) is -0.867. The first kappa shape index (κ1) is 20.7. The van der Waals surface area contributed by atoms with Crippen LogP contribution in [0.1, 0.15) is 5.69 Å². The monoisotopic (exact) mass is 455 g/mol. The Morgan fingerprint density at radius 3 is 2.45 bits per heavy atom. The number of para-hydroxylation sites is 1. The zero-order valence-electron chi connectivity index (χ0n) is 15.4. The van der Waals surface area contributed by atoms with Crippen LogP contribution in [0.2, 0.25) is 5.02 Å². The standard InChI is InChI=1S/C19H10ClF4N3O4/c1-26-12(19(22,23)24)8-13(28)27(18(26)29)15-11(21)7-10(20)14-16(15)31-17(25-14)30-9-5-3-2-4-6-9/h2-8H,1H3. The van der Waals surface area contributed by atoms with E-state index >= 15 is 0 Å². The Labute approximate surface area is 174 Å². The Hall–Kier alpha value is -3.60. The third kappa shape index (κ3) is 3.56. The van der Waals surface area contributed by atoms with Crippen LogP contribution in [-0.4, -0.2) is 14.1 Å². The van der Waals surface area contributed by atoms with Gasteiger partial charge in [0.1, 0.15) is 22.6 Å². The summed E-state index contributed by atoms with van der Waals surface area (Å²) in [6, 6.07) is 9.16. The summed E-state index contributed by atoms with van der Waals surface area (Å²) in [6.07, 6.45) is -5.35. The maximum absolute atomic E-state index is 14.8. The van der Waals surface area contributed by atoms with Crippen molar-refractivity contribution in [1.29, 1.82) is 0 Å². The lowest BCUT2D eigenvalue weighted by molar-refractivity contribution is -0.144. The average molecular weight is 456 g/mol. The molecule has 4 aromatic rings. The number of benzene rings is 2. The van der Waals surface area contributed by atoms with Crippen LogP contribution in [0.5, 0.6) is 11.8 Å². The molecule has 2 aromatic heterocycles. The summed E-state index contributed by atoms with van der Waals surface area (Å²) < 4.78 is 65.3. The fourth-order valence-corrected chi connectivity index (χ4v) is 3.15. The van der Waals surface area contributed by atoms with Crippen molar-refractivity contribution in [2.45, 2.75) is 6.18 Å². The van der Waals surface area contributed by atoms with Gasteiger partial charge in [0.15, 0.2) is 11.4 Å². The molecule has 0 saturated carbocycles. The van der Waals surface area contributed by atoms with Gasteiger partial charge in [-0.25, -0.2) is 13.8 Å². The van der Waals surface area contributed by atoms with Crippen LogP contribution in [0.3, 0.4) is 0 Å². The highest BCUT2D eigenvalue weighted by Crippen LogP contribution is 2.35. The molecule has 0 amide bonds. The molecule has 31 heavy (non-hydrogen) atoms. The van der Waals surface area contributed by atoms with E-state index in [1.54, 1.807) is 30.3 Å². The molecule has 160 valence electrons. The fourth-order valence-electron chi connectivity index (χ4n) is 2.92. The van der Waals surface area contributed by atoms with Gasteiger partial charge in [0, 0.05) is 13.1 Å². The predicted octanol–water partition coefficient (Wildman–Crippen LogP) is 4.28. The Kier molecular flexibility index (Phi) is 4.85.